The third-order valence-corrected chi connectivity index (χ3v) is 3.74. The summed E-state index contributed by atoms with van der Waals surface area (Å²) >= 11 is 0. The number of nitrogens with zero attached hydrogens (tertiary/aromatic N) is 1. The van der Waals surface area contributed by atoms with Gasteiger partial charge in [-0.15, -0.1) is 0 Å². The van der Waals surface area contributed by atoms with Crippen LogP contribution in [0.3, 0.4) is 0 Å². The van der Waals surface area contributed by atoms with Crippen molar-refractivity contribution in [1.29, 1.82) is 0 Å². The molecule has 2 atom stereocenters. The van der Waals surface area contributed by atoms with Crippen LogP contribution in [-0.2, 0) is 9.53 Å². The number of morpholine rings is 1. The van der Waals surface area contributed by atoms with Crippen molar-refractivity contribution in [1.82, 2.24) is 10.2 Å². The first kappa shape index (κ1) is 12.8. The van der Waals surface area contributed by atoms with Gasteiger partial charge in [0.2, 0.25) is 5.91 Å². The molecule has 0 aromatic heterocycles. The summed E-state index contributed by atoms with van der Waals surface area (Å²) in [6.45, 7) is 11.4. The molecule has 98 valence electrons. The number of carbonyl (C=O) groups is 1. The quantitative estimate of drug-likeness (QED) is 0.744. The zero-order valence-electron chi connectivity index (χ0n) is 11.4. The normalized spacial score (nSPS) is 37.2. The van der Waals surface area contributed by atoms with E-state index in [4.69, 9.17) is 4.74 Å². The lowest BCUT2D eigenvalue weighted by Crippen LogP contribution is -2.57. The highest BCUT2D eigenvalue weighted by Gasteiger charge is 2.43. The molecule has 2 fully saturated rings. The molecule has 0 radical (unpaired) electrons. The average molecular weight is 240 g/mol. The molecule has 0 saturated carbocycles. The first-order valence-electron chi connectivity index (χ1n) is 6.50. The summed E-state index contributed by atoms with van der Waals surface area (Å²) in [7, 11) is 0. The predicted molar refractivity (Wildman–Crippen MR) is 66.8 cm³/mol. The van der Waals surface area contributed by atoms with Gasteiger partial charge in [0, 0.05) is 19.6 Å². The molecule has 2 heterocycles. The highest BCUT2D eigenvalue weighted by Crippen LogP contribution is 2.30. The van der Waals surface area contributed by atoms with Crippen LogP contribution in [-0.4, -0.2) is 48.7 Å². The Morgan fingerprint density at radius 3 is 2.65 bits per heavy atom. The van der Waals surface area contributed by atoms with Crippen molar-refractivity contribution < 1.29 is 9.53 Å². The van der Waals surface area contributed by atoms with Crippen molar-refractivity contribution in [3.05, 3.63) is 0 Å². The smallest absolute Gasteiger partial charge is 0.230 e. The third-order valence-electron chi connectivity index (χ3n) is 3.74. The Balaban J connectivity index is 2.09. The average Bonchev–Trinajstić information content (AvgIpc) is 2.62. The van der Waals surface area contributed by atoms with Gasteiger partial charge in [-0.25, -0.2) is 0 Å². The van der Waals surface area contributed by atoms with Gasteiger partial charge in [-0.2, -0.15) is 0 Å². The molecule has 0 spiro atoms. The molecule has 4 heteroatoms. The molecule has 2 aliphatic rings. The third kappa shape index (κ3) is 2.63. The summed E-state index contributed by atoms with van der Waals surface area (Å²) in [5.41, 5.74) is -0.442. The Labute approximate surface area is 104 Å². The number of carbonyl (C=O) groups excluding carboxylic acids is 1. The predicted octanol–water partition coefficient (Wildman–Crippen LogP) is 1.01. The van der Waals surface area contributed by atoms with Gasteiger partial charge in [-0.3, -0.25) is 4.79 Å². The SMILES string of the molecule is C[C@H]1CN(C(=O)[C@@]2(C)CCNC2)CC(C)(C)O1. The molecule has 0 aromatic rings. The molecule has 2 aliphatic heterocycles. The van der Waals surface area contributed by atoms with Crippen molar-refractivity contribution in [3.63, 3.8) is 0 Å². The van der Waals surface area contributed by atoms with Crippen molar-refractivity contribution in [2.75, 3.05) is 26.2 Å². The molecule has 17 heavy (non-hydrogen) atoms. The summed E-state index contributed by atoms with van der Waals surface area (Å²) in [6.07, 6.45) is 1.07. The molecule has 1 amide bonds. The van der Waals surface area contributed by atoms with Crippen LogP contribution in [0.1, 0.15) is 34.1 Å². The summed E-state index contributed by atoms with van der Waals surface area (Å²) in [5.74, 6) is 0.283. The van der Waals surface area contributed by atoms with Crippen LogP contribution >= 0.6 is 0 Å². The van der Waals surface area contributed by atoms with Crippen molar-refractivity contribution in [3.8, 4) is 0 Å². The Kier molecular flexibility index (Phi) is 3.21. The van der Waals surface area contributed by atoms with Crippen LogP contribution in [0.15, 0.2) is 0 Å². The Morgan fingerprint density at radius 2 is 2.12 bits per heavy atom. The van der Waals surface area contributed by atoms with Crippen molar-refractivity contribution >= 4 is 5.91 Å². The van der Waals surface area contributed by atoms with Crippen LogP contribution in [0.25, 0.3) is 0 Å². The Hall–Kier alpha value is -0.610. The van der Waals surface area contributed by atoms with E-state index in [9.17, 15) is 4.79 Å². The fourth-order valence-corrected chi connectivity index (χ4v) is 2.99. The minimum absolute atomic E-state index is 0.126. The molecule has 0 aromatic carbocycles. The van der Waals surface area contributed by atoms with E-state index in [-0.39, 0.29) is 23.0 Å². The molecule has 2 saturated heterocycles. The van der Waals surface area contributed by atoms with E-state index < -0.39 is 0 Å². The van der Waals surface area contributed by atoms with Crippen molar-refractivity contribution in [2.45, 2.75) is 45.8 Å². The maximum Gasteiger partial charge on any atom is 0.230 e. The fourth-order valence-electron chi connectivity index (χ4n) is 2.99. The maximum absolute atomic E-state index is 12.6. The van der Waals surface area contributed by atoms with Gasteiger partial charge in [-0.1, -0.05) is 0 Å². The van der Waals surface area contributed by atoms with E-state index in [1.54, 1.807) is 0 Å². The topological polar surface area (TPSA) is 41.6 Å². The monoisotopic (exact) mass is 240 g/mol. The lowest BCUT2D eigenvalue weighted by Gasteiger charge is -2.44. The highest BCUT2D eigenvalue weighted by atomic mass is 16.5. The van der Waals surface area contributed by atoms with E-state index in [0.29, 0.717) is 6.54 Å². The van der Waals surface area contributed by atoms with Crippen LogP contribution in [0.5, 0.6) is 0 Å². The molecule has 0 unspecified atom stereocenters. The molecule has 0 aliphatic carbocycles. The Morgan fingerprint density at radius 1 is 1.41 bits per heavy atom. The number of rotatable bonds is 1. The second-order valence-corrected chi connectivity index (χ2v) is 6.36. The zero-order valence-corrected chi connectivity index (χ0v) is 11.4. The van der Waals surface area contributed by atoms with Gasteiger partial charge >= 0.3 is 0 Å². The Bertz CT molecular complexity index is 309. The van der Waals surface area contributed by atoms with E-state index in [1.165, 1.54) is 0 Å². The summed E-state index contributed by atoms with van der Waals surface area (Å²) < 4.78 is 5.84. The van der Waals surface area contributed by atoms with Crippen LogP contribution in [0, 0.1) is 5.41 Å². The summed E-state index contributed by atoms with van der Waals surface area (Å²) in [4.78, 5) is 14.6. The largest absolute Gasteiger partial charge is 0.369 e. The first-order valence-corrected chi connectivity index (χ1v) is 6.50. The van der Waals surface area contributed by atoms with Gasteiger partial charge in [0.25, 0.3) is 0 Å². The summed E-state index contributed by atoms with van der Waals surface area (Å²) in [5, 5.41) is 3.29. The molecule has 0 bridgehead atoms. The van der Waals surface area contributed by atoms with Gasteiger partial charge in [0.05, 0.1) is 17.1 Å². The lowest BCUT2D eigenvalue weighted by atomic mass is 9.87. The molecular weight excluding hydrogens is 216 g/mol. The molecule has 2 rings (SSSR count). The number of hydrogen-bond donors (Lipinski definition) is 1. The van der Waals surface area contributed by atoms with E-state index >= 15 is 0 Å². The second kappa shape index (κ2) is 4.25. The fraction of sp³-hybridized carbons (Fsp3) is 0.923. The second-order valence-electron chi connectivity index (χ2n) is 6.36. The minimum atomic E-state index is -0.226. The number of ether oxygens (including phenoxy) is 1. The van der Waals surface area contributed by atoms with Crippen LogP contribution in [0.2, 0.25) is 0 Å². The zero-order chi connectivity index (χ0) is 12.7. The summed E-state index contributed by atoms with van der Waals surface area (Å²) in [6, 6.07) is 0. The number of hydrogen-bond acceptors (Lipinski definition) is 3. The molecule has 4 nitrogen and oxygen atoms in total. The van der Waals surface area contributed by atoms with E-state index in [2.05, 4.69) is 26.1 Å². The number of nitrogens with one attached hydrogen (secondary N) is 1. The van der Waals surface area contributed by atoms with E-state index in [1.807, 2.05) is 11.8 Å². The minimum Gasteiger partial charge on any atom is -0.369 e. The number of amides is 1. The first-order chi connectivity index (χ1) is 7.82. The molecular formula is C13H24N2O2. The van der Waals surface area contributed by atoms with E-state index in [0.717, 1.165) is 26.1 Å². The highest BCUT2D eigenvalue weighted by molar-refractivity contribution is 5.83. The van der Waals surface area contributed by atoms with Gasteiger partial charge in [0.15, 0.2) is 0 Å². The standard InChI is InChI=1S/C13H24N2O2/c1-10-7-15(9-12(2,3)17-10)11(16)13(4)5-6-14-8-13/h10,14H,5-9H2,1-4H3/t10-,13-/m0/s1. The maximum atomic E-state index is 12.6. The van der Waals surface area contributed by atoms with Crippen LogP contribution in [0.4, 0.5) is 0 Å². The van der Waals surface area contributed by atoms with Crippen molar-refractivity contribution in [2.24, 2.45) is 5.41 Å². The lowest BCUT2D eigenvalue weighted by molar-refractivity contribution is -0.165. The van der Waals surface area contributed by atoms with Gasteiger partial charge in [-0.05, 0) is 40.7 Å². The molecule has 1 N–H and O–H groups in total. The van der Waals surface area contributed by atoms with Gasteiger partial charge < -0.3 is 15.0 Å². The van der Waals surface area contributed by atoms with Crippen LogP contribution < -0.4 is 5.32 Å². The van der Waals surface area contributed by atoms with Gasteiger partial charge in [0.1, 0.15) is 0 Å².